The normalized spacial score (nSPS) is 12.6. The summed E-state index contributed by atoms with van der Waals surface area (Å²) in [5.74, 6) is 0.0215. The van der Waals surface area contributed by atoms with Gasteiger partial charge in [0.1, 0.15) is 5.75 Å². The molecule has 0 saturated carbocycles. The van der Waals surface area contributed by atoms with Gasteiger partial charge >= 0.3 is 5.97 Å². The van der Waals surface area contributed by atoms with Gasteiger partial charge in [0.25, 0.3) is 5.72 Å². The van der Waals surface area contributed by atoms with Crippen LogP contribution in [0.2, 0.25) is 5.02 Å². The Morgan fingerprint density at radius 3 is 2.12 bits per heavy atom. The van der Waals surface area contributed by atoms with E-state index in [4.69, 9.17) is 36.3 Å². The highest BCUT2D eigenvalue weighted by molar-refractivity contribution is 6.30. The monoisotopic (exact) mass is 472 g/mol. The molecule has 1 heterocycles. The summed E-state index contributed by atoms with van der Waals surface area (Å²) in [4.78, 5) is 25.5. The third-order valence-electron chi connectivity index (χ3n) is 5.22. The van der Waals surface area contributed by atoms with E-state index in [2.05, 4.69) is 0 Å². The summed E-state index contributed by atoms with van der Waals surface area (Å²) in [7, 11) is 4.22. The fraction of sp³-hybridized carbons (Fsp3) is 0.250. The minimum atomic E-state index is -1.87. The Bertz CT molecular complexity index is 1190. The first-order valence-corrected chi connectivity index (χ1v) is 10.3. The maximum Gasteiger partial charge on any atom is 0.340 e. The van der Waals surface area contributed by atoms with E-state index in [1.165, 1.54) is 34.3 Å². The second-order valence-electron chi connectivity index (χ2n) is 7.26. The zero-order chi connectivity index (χ0) is 24.3. The molecule has 0 bridgehead atoms. The molecule has 1 aromatic heterocycles. The predicted octanol–water partition coefficient (Wildman–Crippen LogP) is 4.02. The van der Waals surface area contributed by atoms with E-state index in [1.54, 1.807) is 47.0 Å². The SMILES string of the molecule is COC(=O)c1cc(OC)c(OC)cc1-n1c(C)ccc1C(N)(Oc1ccc(Cl)cc1)C(C)=O. The molecule has 1 unspecified atom stereocenters. The molecule has 8 nitrogen and oxygen atoms in total. The van der Waals surface area contributed by atoms with Crippen LogP contribution < -0.4 is 19.9 Å². The van der Waals surface area contributed by atoms with Crippen LogP contribution in [0.4, 0.5) is 0 Å². The van der Waals surface area contributed by atoms with Gasteiger partial charge in [0.2, 0.25) is 0 Å². The Labute approximate surface area is 196 Å². The molecule has 0 spiro atoms. The molecule has 3 aromatic rings. The molecular formula is C24H25ClN2O6. The van der Waals surface area contributed by atoms with Crippen molar-refractivity contribution < 1.29 is 28.5 Å². The number of benzene rings is 2. The summed E-state index contributed by atoms with van der Waals surface area (Å²) in [6.07, 6.45) is 0. The molecule has 174 valence electrons. The van der Waals surface area contributed by atoms with Gasteiger partial charge in [-0.25, -0.2) is 4.79 Å². The summed E-state index contributed by atoms with van der Waals surface area (Å²) in [6.45, 7) is 3.14. The van der Waals surface area contributed by atoms with Crippen molar-refractivity contribution in [3.8, 4) is 22.9 Å². The second-order valence-corrected chi connectivity index (χ2v) is 7.70. The molecule has 0 radical (unpaired) electrons. The van der Waals surface area contributed by atoms with E-state index in [-0.39, 0.29) is 5.56 Å². The van der Waals surface area contributed by atoms with Gasteiger partial charge in [-0.2, -0.15) is 0 Å². The Morgan fingerprint density at radius 1 is 0.970 bits per heavy atom. The van der Waals surface area contributed by atoms with Crippen LogP contribution in [0.3, 0.4) is 0 Å². The summed E-state index contributed by atoms with van der Waals surface area (Å²) in [5, 5.41) is 0.514. The van der Waals surface area contributed by atoms with Crippen molar-refractivity contribution in [1.29, 1.82) is 0 Å². The number of aromatic nitrogens is 1. The number of Topliss-reactive ketones (excluding diaryl/α,β-unsaturated/α-hetero) is 1. The van der Waals surface area contributed by atoms with Crippen LogP contribution in [0, 0.1) is 6.92 Å². The average Bonchev–Trinajstić information content (AvgIpc) is 3.20. The van der Waals surface area contributed by atoms with Crippen LogP contribution in [0.5, 0.6) is 17.2 Å². The number of ether oxygens (including phenoxy) is 4. The van der Waals surface area contributed by atoms with Crippen molar-refractivity contribution >= 4 is 23.4 Å². The number of ketones is 1. The maximum atomic E-state index is 12.8. The molecule has 0 saturated heterocycles. The molecule has 0 amide bonds. The first kappa shape index (κ1) is 24.2. The van der Waals surface area contributed by atoms with E-state index in [9.17, 15) is 9.59 Å². The summed E-state index contributed by atoms with van der Waals surface area (Å²) < 4.78 is 23.4. The van der Waals surface area contributed by atoms with Crippen LogP contribution in [0.25, 0.3) is 5.69 Å². The van der Waals surface area contributed by atoms with Gasteiger partial charge in [-0.1, -0.05) is 11.6 Å². The largest absolute Gasteiger partial charge is 0.493 e. The van der Waals surface area contributed by atoms with Crippen LogP contribution in [0.1, 0.15) is 28.7 Å². The number of aryl methyl sites for hydroxylation is 1. The Hall–Kier alpha value is -3.49. The molecule has 3 rings (SSSR count). The third-order valence-corrected chi connectivity index (χ3v) is 5.47. The summed E-state index contributed by atoms with van der Waals surface area (Å²) >= 11 is 5.96. The number of hydrogen-bond donors (Lipinski definition) is 1. The highest BCUT2D eigenvalue weighted by Gasteiger charge is 2.40. The lowest BCUT2D eigenvalue weighted by Crippen LogP contribution is -2.50. The quantitative estimate of drug-likeness (QED) is 0.390. The van der Waals surface area contributed by atoms with Crippen LogP contribution in [-0.4, -0.2) is 37.6 Å². The minimum Gasteiger partial charge on any atom is -0.493 e. The molecule has 1 atom stereocenters. The first-order valence-electron chi connectivity index (χ1n) is 9.94. The number of rotatable bonds is 8. The number of esters is 1. The lowest BCUT2D eigenvalue weighted by molar-refractivity contribution is -0.133. The second kappa shape index (κ2) is 9.56. The highest BCUT2D eigenvalue weighted by Crippen LogP contribution is 2.36. The van der Waals surface area contributed by atoms with Crippen molar-refractivity contribution in [2.75, 3.05) is 21.3 Å². The highest BCUT2D eigenvalue weighted by atomic mass is 35.5. The number of methoxy groups -OCH3 is 3. The maximum absolute atomic E-state index is 12.8. The van der Waals surface area contributed by atoms with Gasteiger partial charge in [-0.15, -0.1) is 0 Å². The number of carbonyl (C=O) groups excluding carboxylic acids is 2. The van der Waals surface area contributed by atoms with E-state index < -0.39 is 17.5 Å². The first-order chi connectivity index (χ1) is 15.7. The minimum absolute atomic E-state index is 0.188. The van der Waals surface area contributed by atoms with Crippen LogP contribution >= 0.6 is 11.6 Å². The number of nitrogens with two attached hydrogens (primary N) is 1. The van der Waals surface area contributed by atoms with E-state index in [0.29, 0.717) is 39.3 Å². The van der Waals surface area contributed by atoms with E-state index in [1.807, 2.05) is 6.92 Å². The topological polar surface area (TPSA) is 102 Å². The smallest absolute Gasteiger partial charge is 0.340 e. The van der Waals surface area contributed by atoms with E-state index in [0.717, 1.165) is 0 Å². The lowest BCUT2D eigenvalue weighted by atomic mass is 10.0. The summed E-state index contributed by atoms with van der Waals surface area (Å²) in [5.41, 5.74) is 6.27. The molecule has 0 aliphatic carbocycles. The van der Waals surface area contributed by atoms with Crippen LogP contribution in [0.15, 0.2) is 48.5 Å². The Morgan fingerprint density at radius 2 is 1.58 bits per heavy atom. The van der Waals surface area contributed by atoms with Gasteiger partial charge in [0.15, 0.2) is 17.3 Å². The van der Waals surface area contributed by atoms with Crippen molar-refractivity contribution in [2.24, 2.45) is 5.73 Å². The fourth-order valence-corrected chi connectivity index (χ4v) is 3.59. The van der Waals surface area contributed by atoms with Gasteiger partial charge in [-0.05, 0) is 43.3 Å². The van der Waals surface area contributed by atoms with E-state index >= 15 is 0 Å². The molecule has 33 heavy (non-hydrogen) atoms. The molecule has 2 aromatic carbocycles. The Kier molecular flexibility index (Phi) is 7.00. The zero-order valence-electron chi connectivity index (χ0n) is 19.0. The summed E-state index contributed by atoms with van der Waals surface area (Å²) in [6, 6.07) is 13.1. The third kappa shape index (κ3) is 4.53. The predicted molar refractivity (Wildman–Crippen MR) is 124 cm³/mol. The standard InChI is InChI=1S/C24H25ClN2O6/c1-14-6-11-22(24(26,15(2)28)33-17-9-7-16(25)8-10-17)27(14)19-13-21(31-4)20(30-3)12-18(19)23(29)32-5/h6-13H,26H2,1-5H3. The van der Waals surface area contributed by atoms with Crippen LogP contribution in [-0.2, 0) is 15.3 Å². The molecule has 0 aliphatic heterocycles. The zero-order valence-corrected chi connectivity index (χ0v) is 19.7. The number of halogens is 1. The Balaban J connectivity index is 2.27. The fourth-order valence-electron chi connectivity index (χ4n) is 3.47. The van der Waals surface area contributed by atoms with Crippen molar-refractivity contribution in [2.45, 2.75) is 19.6 Å². The molecule has 0 fully saturated rings. The number of nitrogens with zero attached hydrogens (tertiary/aromatic N) is 1. The average molecular weight is 473 g/mol. The molecule has 0 aliphatic rings. The molecule has 9 heteroatoms. The lowest BCUT2D eigenvalue weighted by Gasteiger charge is -2.30. The van der Waals surface area contributed by atoms with Crippen molar-refractivity contribution in [3.05, 3.63) is 70.5 Å². The number of carbonyl (C=O) groups is 2. The number of hydrogen-bond acceptors (Lipinski definition) is 7. The van der Waals surface area contributed by atoms with Crippen molar-refractivity contribution in [1.82, 2.24) is 4.57 Å². The molecular weight excluding hydrogens is 448 g/mol. The van der Waals surface area contributed by atoms with Gasteiger partial charge < -0.3 is 23.5 Å². The van der Waals surface area contributed by atoms with Gasteiger partial charge in [0.05, 0.1) is 38.3 Å². The molecule has 2 N–H and O–H groups in total. The van der Waals surface area contributed by atoms with Crippen molar-refractivity contribution in [3.63, 3.8) is 0 Å². The van der Waals surface area contributed by atoms with Gasteiger partial charge in [0, 0.05) is 29.8 Å². The van der Waals surface area contributed by atoms with Gasteiger partial charge in [-0.3, -0.25) is 10.5 Å².